The molecule has 0 bridgehead atoms. The van der Waals surface area contributed by atoms with Crippen molar-refractivity contribution in [3.63, 3.8) is 0 Å². The Morgan fingerprint density at radius 2 is 1.61 bits per heavy atom. The molecule has 2 aromatic carbocycles. The van der Waals surface area contributed by atoms with Crippen molar-refractivity contribution < 1.29 is 28.7 Å². The number of piperazine rings is 2. The van der Waals surface area contributed by atoms with Crippen molar-refractivity contribution in [2.24, 2.45) is 0 Å². The van der Waals surface area contributed by atoms with Crippen LogP contribution in [0, 0.1) is 0 Å². The fourth-order valence-corrected chi connectivity index (χ4v) is 8.06. The van der Waals surface area contributed by atoms with Crippen LogP contribution in [0.5, 0.6) is 11.5 Å². The first kappa shape index (κ1) is 37.5. The van der Waals surface area contributed by atoms with Gasteiger partial charge in [0.1, 0.15) is 42.0 Å². The average molecular weight is 765 g/mol. The van der Waals surface area contributed by atoms with Crippen LogP contribution in [0.2, 0.25) is 0 Å². The van der Waals surface area contributed by atoms with E-state index < -0.39 is 29.7 Å². The van der Waals surface area contributed by atoms with Crippen LogP contribution in [0.4, 0.5) is 5.82 Å². The van der Waals surface area contributed by atoms with E-state index in [9.17, 15) is 19.2 Å². The SMILES string of the molecule is CC(C)Oc1ccc2[nH]nc(-c3cc(N4CCN(CCN5CCN(CCOc6ccc7c(c6)C(=O)N(C6CCC(=O)NC6=O)C7=O)CC5)[C@@H](C)C4)ncn3)c2c1. The first-order valence-electron chi connectivity index (χ1n) is 19.5. The van der Waals surface area contributed by atoms with Gasteiger partial charge in [-0.15, -0.1) is 0 Å². The average Bonchev–Trinajstić information content (AvgIpc) is 3.72. The largest absolute Gasteiger partial charge is 0.492 e. The van der Waals surface area contributed by atoms with Crippen molar-refractivity contribution in [1.29, 1.82) is 0 Å². The number of imide groups is 2. The molecule has 4 aliphatic rings. The van der Waals surface area contributed by atoms with Crippen LogP contribution in [0.15, 0.2) is 48.8 Å². The number of benzene rings is 2. The van der Waals surface area contributed by atoms with Crippen LogP contribution in [-0.4, -0.2) is 154 Å². The van der Waals surface area contributed by atoms with E-state index in [2.05, 4.69) is 52.0 Å². The van der Waals surface area contributed by atoms with E-state index in [0.717, 1.165) is 104 Å². The molecule has 2 N–H and O–H groups in total. The summed E-state index contributed by atoms with van der Waals surface area (Å²) in [6.07, 6.45) is 1.91. The number of carbonyl (C=O) groups excluding carboxylic acids is 4. The molecule has 4 aromatic rings. The van der Waals surface area contributed by atoms with Gasteiger partial charge in [0.2, 0.25) is 11.8 Å². The molecular weight excluding hydrogens is 717 g/mol. The van der Waals surface area contributed by atoms with E-state index in [1.54, 1.807) is 24.5 Å². The number of carbonyl (C=O) groups is 4. The van der Waals surface area contributed by atoms with Gasteiger partial charge in [0, 0.05) is 89.4 Å². The molecule has 0 saturated carbocycles. The van der Waals surface area contributed by atoms with Crippen molar-refractivity contribution in [2.45, 2.75) is 51.8 Å². The Balaban J connectivity index is 0.770. The number of anilines is 1. The number of piperidine rings is 1. The summed E-state index contributed by atoms with van der Waals surface area (Å²) < 4.78 is 11.9. The molecule has 2 atom stereocenters. The van der Waals surface area contributed by atoms with Crippen LogP contribution >= 0.6 is 0 Å². The standard InChI is InChI=1S/C40H48N10O6/c1-25(2)56-28-5-7-32-31(21-28)37(45-44-32)33-22-35(42-24-41-33)49-17-16-48(26(3)23-49)15-14-46-10-12-47(13-11-46)18-19-55-27-4-6-29-30(20-27)40(54)50(39(29)53)34-8-9-36(51)43-38(34)52/h4-7,20-22,24-26,34H,8-19,23H2,1-3H3,(H,44,45)(H,43,51,52)/t26-,34?/m0/s1. The summed E-state index contributed by atoms with van der Waals surface area (Å²) in [5, 5.41) is 10.9. The maximum atomic E-state index is 13.2. The zero-order valence-electron chi connectivity index (χ0n) is 32.1. The molecule has 16 heteroatoms. The summed E-state index contributed by atoms with van der Waals surface area (Å²) >= 11 is 0. The Labute approximate surface area is 325 Å². The fraction of sp³-hybridized carbons (Fsp3) is 0.475. The molecule has 0 radical (unpaired) electrons. The topological polar surface area (TPSA) is 169 Å². The summed E-state index contributed by atoms with van der Waals surface area (Å²) in [5.41, 5.74) is 2.96. The van der Waals surface area contributed by atoms with Gasteiger partial charge in [-0.2, -0.15) is 5.10 Å². The Bertz CT molecular complexity index is 2130. The van der Waals surface area contributed by atoms with Gasteiger partial charge in [0.25, 0.3) is 11.8 Å². The highest BCUT2D eigenvalue weighted by Gasteiger charge is 2.44. The lowest BCUT2D eigenvalue weighted by atomic mass is 10.0. The predicted octanol–water partition coefficient (Wildman–Crippen LogP) is 2.42. The van der Waals surface area contributed by atoms with Crippen molar-refractivity contribution in [1.82, 2.24) is 45.1 Å². The number of aromatic nitrogens is 4. The molecule has 56 heavy (non-hydrogen) atoms. The molecule has 4 aliphatic heterocycles. The molecule has 4 amide bonds. The summed E-state index contributed by atoms with van der Waals surface area (Å²) in [5.74, 6) is 0.126. The van der Waals surface area contributed by atoms with E-state index in [1.165, 1.54) is 0 Å². The number of hydrogen-bond donors (Lipinski definition) is 2. The first-order chi connectivity index (χ1) is 27.1. The van der Waals surface area contributed by atoms with E-state index in [-0.39, 0.29) is 30.1 Å². The number of amides is 4. The number of rotatable bonds is 12. The summed E-state index contributed by atoms with van der Waals surface area (Å²) in [6.45, 7) is 16.1. The Morgan fingerprint density at radius 3 is 2.38 bits per heavy atom. The highest BCUT2D eigenvalue weighted by atomic mass is 16.5. The molecule has 0 spiro atoms. The molecule has 8 rings (SSSR count). The Kier molecular flexibility index (Phi) is 10.7. The summed E-state index contributed by atoms with van der Waals surface area (Å²) in [6, 6.07) is 12.2. The summed E-state index contributed by atoms with van der Waals surface area (Å²) in [4.78, 5) is 70.0. The zero-order valence-corrected chi connectivity index (χ0v) is 32.1. The lowest BCUT2D eigenvalue weighted by Gasteiger charge is -2.42. The van der Waals surface area contributed by atoms with Gasteiger partial charge >= 0.3 is 0 Å². The molecule has 6 heterocycles. The van der Waals surface area contributed by atoms with Gasteiger partial charge in [-0.1, -0.05) is 0 Å². The minimum Gasteiger partial charge on any atom is -0.492 e. The monoisotopic (exact) mass is 764 g/mol. The minimum absolute atomic E-state index is 0.0812. The number of aromatic amines is 1. The Morgan fingerprint density at radius 1 is 0.839 bits per heavy atom. The number of fused-ring (bicyclic) bond motifs is 2. The van der Waals surface area contributed by atoms with Gasteiger partial charge in [0.15, 0.2) is 0 Å². The summed E-state index contributed by atoms with van der Waals surface area (Å²) in [7, 11) is 0. The van der Waals surface area contributed by atoms with E-state index in [4.69, 9.17) is 9.47 Å². The van der Waals surface area contributed by atoms with Gasteiger partial charge in [-0.25, -0.2) is 9.97 Å². The van der Waals surface area contributed by atoms with Gasteiger partial charge in [-0.3, -0.25) is 49.2 Å². The molecule has 3 fully saturated rings. The highest BCUT2D eigenvalue weighted by molar-refractivity contribution is 6.23. The molecular formula is C40H48N10O6. The number of nitrogens with one attached hydrogen (secondary N) is 2. The predicted molar refractivity (Wildman–Crippen MR) is 208 cm³/mol. The van der Waals surface area contributed by atoms with Crippen LogP contribution in [0.3, 0.4) is 0 Å². The Hall–Kier alpha value is -5.45. The van der Waals surface area contributed by atoms with Crippen LogP contribution in [0.25, 0.3) is 22.3 Å². The maximum Gasteiger partial charge on any atom is 0.262 e. The number of nitrogens with zero attached hydrogens (tertiary/aromatic N) is 8. The van der Waals surface area contributed by atoms with Crippen LogP contribution < -0.4 is 19.7 Å². The second-order valence-electron chi connectivity index (χ2n) is 15.2. The number of ether oxygens (including phenoxy) is 2. The van der Waals surface area contributed by atoms with E-state index in [1.807, 2.05) is 38.1 Å². The maximum absolute atomic E-state index is 13.2. The third-order valence-electron chi connectivity index (χ3n) is 11.1. The van der Waals surface area contributed by atoms with Crippen LogP contribution in [0.1, 0.15) is 54.3 Å². The second-order valence-corrected chi connectivity index (χ2v) is 15.2. The third-order valence-corrected chi connectivity index (χ3v) is 11.1. The van der Waals surface area contributed by atoms with Gasteiger partial charge in [0.05, 0.1) is 28.4 Å². The van der Waals surface area contributed by atoms with Crippen molar-refractivity contribution >= 4 is 40.3 Å². The van der Waals surface area contributed by atoms with Gasteiger partial charge in [-0.05, 0) is 63.6 Å². The highest BCUT2D eigenvalue weighted by Crippen LogP contribution is 2.32. The second kappa shape index (κ2) is 16.0. The fourth-order valence-electron chi connectivity index (χ4n) is 8.06. The normalized spacial score (nSPS) is 21.3. The van der Waals surface area contributed by atoms with Crippen molar-refractivity contribution in [2.75, 3.05) is 77.0 Å². The van der Waals surface area contributed by atoms with Gasteiger partial charge < -0.3 is 14.4 Å². The smallest absolute Gasteiger partial charge is 0.262 e. The number of H-pyrrole nitrogens is 1. The lowest BCUT2D eigenvalue weighted by molar-refractivity contribution is -0.136. The molecule has 294 valence electrons. The quantitative estimate of drug-likeness (QED) is 0.202. The van der Waals surface area contributed by atoms with Crippen molar-refractivity contribution in [3.8, 4) is 22.9 Å². The molecule has 2 aromatic heterocycles. The van der Waals surface area contributed by atoms with E-state index >= 15 is 0 Å². The molecule has 0 aliphatic carbocycles. The lowest BCUT2D eigenvalue weighted by Crippen LogP contribution is -2.55. The minimum atomic E-state index is -0.989. The molecule has 1 unspecified atom stereocenters. The zero-order chi connectivity index (χ0) is 38.9. The van der Waals surface area contributed by atoms with Crippen molar-refractivity contribution in [3.05, 3.63) is 59.9 Å². The van der Waals surface area contributed by atoms with E-state index in [0.29, 0.717) is 18.4 Å². The molecule has 16 nitrogen and oxygen atoms in total. The third kappa shape index (κ3) is 7.81. The first-order valence-corrected chi connectivity index (χ1v) is 19.5. The number of hydrogen-bond acceptors (Lipinski definition) is 13. The van der Waals surface area contributed by atoms with Crippen LogP contribution in [-0.2, 0) is 9.59 Å². The molecule has 3 saturated heterocycles.